The van der Waals surface area contributed by atoms with Crippen molar-refractivity contribution in [3.63, 3.8) is 0 Å². The van der Waals surface area contributed by atoms with Crippen molar-refractivity contribution in [2.75, 3.05) is 0 Å². The second-order valence-corrected chi connectivity index (χ2v) is 7.43. The van der Waals surface area contributed by atoms with Crippen LogP contribution in [-0.2, 0) is 17.6 Å². The molecule has 1 aromatic heterocycles. The number of carbonyl (C=O) groups is 1. The van der Waals surface area contributed by atoms with Crippen molar-refractivity contribution in [2.45, 2.75) is 31.2 Å². The summed E-state index contributed by atoms with van der Waals surface area (Å²) >= 11 is 3.47. The summed E-state index contributed by atoms with van der Waals surface area (Å²) in [7, 11) is 0. The molecule has 1 fully saturated rings. The molecule has 0 aliphatic heterocycles. The maximum absolute atomic E-state index is 12.0. The number of aromatic nitrogens is 2. The number of hydrogen-bond donors (Lipinski definition) is 1. The van der Waals surface area contributed by atoms with E-state index in [1.54, 1.807) is 0 Å². The topological polar surface area (TPSA) is 91.8 Å². The Morgan fingerprint density at radius 2 is 1.92 bits per heavy atom. The number of halogens is 1. The van der Waals surface area contributed by atoms with Crippen molar-refractivity contribution >= 4 is 32.6 Å². The fraction of sp³-hybridized carbons (Fsp3) is 0.263. The molecule has 0 unspecified atom stereocenters. The van der Waals surface area contributed by atoms with Gasteiger partial charge in [0.1, 0.15) is 12.0 Å². The molecule has 0 bridgehead atoms. The van der Waals surface area contributed by atoms with Crippen LogP contribution in [0, 0.1) is 11.3 Å². The molecule has 1 N–H and O–H groups in total. The Labute approximate surface area is 158 Å². The zero-order valence-electron chi connectivity index (χ0n) is 13.8. The highest BCUT2D eigenvalue weighted by atomic mass is 79.9. The van der Waals surface area contributed by atoms with Gasteiger partial charge in [0.15, 0.2) is 0 Å². The van der Waals surface area contributed by atoms with Crippen molar-refractivity contribution in [1.82, 2.24) is 15.5 Å². The summed E-state index contributed by atoms with van der Waals surface area (Å²) in [6, 6.07) is 14.4. The number of amides is 1. The Morgan fingerprint density at radius 1 is 1.19 bits per heavy atom. The van der Waals surface area contributed by atoms with E-state index in [1.165, 1.54) is 0 Å². The molecule has 0 atom stereocenters. The van der Waals surface area contributed by atoms with Crippen LogP contribution in [0.15, 0.2) is 45.3 Å². The third-order valence-electron chi connectivity index (χ3n) is 4.39. The van der Waals surface area contributed by atoms with Gasteiger partial charge in [0.2, 0.25) is 17.7 Å². The highest BCUT2D eigenvalue weighted by Crippen LogP contribution is 2.34. The third kappa shape index (κ3) is 3.60. The highest BCUT2D eigenvalue weighted by Gasteiger charge is 2.44. The number of carbonyl (C=O) groups excluding carboxylic acids is 1. The van der Waals surface area contributed by atoms with Crippen molar-refractivity contribution in [2.24, 2.45) is 0 Å². The van der Waals surface area contributed by atoms with Crippen LogP contribution in [-0.4, -0.2) is 21.6 Å². The Morgan fingerprint density at radius 3 is 2.69 bits per heavy atom. The molecule has 0 radical (unpaired) electrons. The standard InChI is InChI=1S/C19H15BrN4O2/c20-15-4-3-13-7-12(1-2-14(13)9-15)8-17-23-24-18(26-17)10-16(25)22-19(11-21)5-6-19/h1-4,7,9H,5-6,8,10H2,(H,22,25). The summed E-state index contributed by atoms with van der Waals surface area (Å²) in [5.74, 6) is 0.456. The molecule has 1 aliphatic carbocycles. The summed E-state index contributed by atoms with van der Waals surface area (Å²) in [4.78, 5) is 12.0. The van der Waals surface area contributed by atoms with E-state index < -0.39 is 5.54 Å². The van der Waals surface area contributed by atoms with Crippen LogP contribution in [0.25, 0.3) is 10.8 Å². The monoisotopic (exact) mass is 410 g/mol. The lowest BCUT2D eigenvalue weighted by Crippen LogP contribution is -2.36. The van der Waals surface area contributed by atoms with Gasteiger partial charge in [-0.1, -0.05) is 40.2 Å². The molecule has 0 spiro atoms. The number of rotatable bonds is 5. The SMILES string of the molecule is N#CC1(NC(=O)Cc2nnc(Cc3ccc4cc(Br)ccc4c3)o2)CC1. The van der Waals surface area contributed by atoms with Gasteiger partial charge < -0.3 is 9.73 Å². The second kappa shape index (κ2) is 6.54. The summed E-state index contributed by atoms with van der Waals surface area (Å²) in [5, 5.41) is 22.0. The minimum atomic E-state index is -0.681. The Bertz CT molecular complexity index is 1030. The molecule has 26 heavy (non-hydrogen) atoms. The normalized spacial score (nSPS) is 14.8. The summed E-state index contributed by atoms with van der Waals surface area (Å²) in [5.41, 5.74) is 0.376. The average Bonchev–Trinajstić information content (AvgIpc) is 3.26. The molecule has 1 aliphatic rings. The van der Waals surface area contributed by atoms with Gasteiger partial charge in [-0.15, -0.1) is 10.2 Å². The predicted octanol–water partition coefficient (Wildman–Crippen LogP) is 3.29. The quantitative estimate of drug-likeness (QED) is 0.696. The largest absolute Gasteiger partial charge is 0.424 e. The van der Waals surface area contributed by atoms with E-state index in [0.29, 0.717) is 25.2 Å². The maximum atomic E-state index is 12.0. The summed E-state index contributed by atoms with van der Waals surface area (Å²) in [6.45, 7) is 0. The number of nitriles is 1. The number of hydrogen-bond acceptors (Lipinski definition) is 5. The van der Waals surface area contributed by atoms with Crippen LogP contribution in [0.5, 0.6) is 0 Å². The molecule has 1 amide bonds. The van der Waals surface area contributed by atoms with E-state index in [9.17, 15) is 4.79 Å². The molecule has 4 rings (SSSR count). The smallest absolute Gasteiger partial charge is 0.230 e. The maximum Gasteiger partial charge on any atom is 0.230 e. The predicted molar refractivity (Wildman–Crippen MR) is 98.2 cm³/mol. The first-order valence-electron chi connectivity index (χ1n) is 8.27. The first-order valence-corrected chi connectivity index (χ1v) is 9.06. The van der Waals surface area contributed by atoms with Gasteiger partial charge in [0.05, 0.1) is 12.5 Å². The van der Waals surface area contributed by atoms with Crippen molar-refractivity contribution < 1.29 is 9.21 Å². The summed E-state index contributed by atoms with van der Waals surface area (Å²) in [6.07, 6.45) is 1.89. The second-order valence-electron chi connectivity index (χ2n) is 6.51. The highest BCUT2D eigenvalue weighted by molar-refractivity contribution is 9.10. The Kier molecular flexibility index (Phi) is 4.21. The Hall–Kier alpha value is -2.72. The summed E-state index contributed by atoms with van der Waals surface area (Å²) < 4.78 is 6.63. The van der Waals surface area contributed by atoms with Gasteiger partial charge in [0, 0.05) is 4.47 Å². The molecule has 2 aromatic carbocycles. The number of nitrogens with one attached hydrogen (secondary N) is 1. The van der Waals surface area contributed by atoms with E-state index in [2.05, 4.69) is 61.8 Å². The lowest BCUT2D eigenvalue weighted by molar-refractivity contribution is -0.121. The fourth-order valence-corrected chi connectivity index (χ4v) is 3.20. The lowest BCUT2D eigenvalue weighted by atomic mass is 10.1. The van der Waals surface area contributed by atoms with Crippen molar-refractivity contribution in [3.8, 4) is 6.07 Å². The van der Waals surface area contributed by atoms with Gasteiger partial charge >= 0.3 is 0 Å². The average molecular weight is 411 g/mol. The lowest BCUT2D eigenvalue weighted by Gasteiger charge is -2.06. The van der Waals surface area contributed by atoms with Gasteiger partial charge in [0.25, 0.3) is 0 Å². The molecule has 130 valence electrons. The fourth-order valence-electron chi connectivity index (χ4n) is 2.82. The molecule has 7 heteroatoms. The zero-order chi connectivity index (χ0) is 18.1. The van der Waals surface area contributed by atoms with Gasteiger partial charge in [-0.2, -0.15) is 5.26 Å². The molecule has 1 saturated carbocycles. The van der Waals surface area contributed by atoms with Crippen molar-refractivity contribution in [3.05, 3.63) is 58.2 Å². The van der Waals surface area contributed by atoms with E-state index in [4.69, 9.17) is 9.68 Å². The number of nitrogens with zero attached hydrogens (tertiary/aromatic N) is 3. The number of fused-ring (bicyclic) bond motifs is 1. The first kappa shape index (κ1) is 16.7. The zero-order valence-corrected chi connectivity index (χ0v) is 15.4. The molecular weight excluding hydrogens is 396 g/mol. The molecule has 0 saturated heterocycles. The first-order chi connectivity index (χ1) is 12.5. The minimum Gasteiger partial charge on any atom is -0.424 e. The van der Waals surface area contributed by atoms with Crippen molar-refractivity contribution in [1.29, 1.82) is 5.26 Å². The van der Waals surface area contributed by atoms with Crippen LogP contribution in [0.3, 0.4) is 0 Å². The minimum absolute atomic E-state index is 0.0117. The van der Waals surface area contributed by atoms with Gasteiger partial charge in [-0.25, -0.2) is 0 Å². The molecule has 1 heterocycles. The van der Waals surface area contributed by atoms with E-state index in [1.807, 2.05) is 12.1 Å². The van der Waals surface area contributed by atoms with Crippen LogP contribution >= 0.6 is 15.9 Å². The van der Waals surface area contributed by atoms with Crippen LogP contribution in [0.1, 0.15) is 30.2 Å². The van der Waals surface area contributed by atoms with E-state index in [-0.39, 0.29) is 18.2 Å². The molecule has 3 aromatic rings. The Balaban J connectivity index is 1.42. The molecule has 6 nitrogen and oxygen atoms in total. The third-order valence-corrected chi connectivity index (χ3v) is 4.88. The van der Waals surface area contributed by atoms with Crippen LogP contribution < -0.4 is 5.32 Å². The van der Waals surface area contributed by atoms with E-state index in [0.717, 1.165) is 20.8 Å². The van der Waals surface area contributed by atoms with Crippen LogP contribution in [0.4, 0.5) is 0 Å². The van der Waals surface area contributed by atoms with E-state index >= 15 is 0 Å². The van der Waals surface area contributed by atoms with Gasteiger partial charge in [-0.3, -0.25) is 4.79 Å². The van der Waals surface area contributed by atoms with Gasteiger partial charge in [-0.05, 0) is 41.3 Å². The molecular formula is C19H15BrN4O2. The number of benzene rings is 2. The van der Waals surface area contributed by atoms with Crippen LogP contribution in [0.2, 0.25) is 0 Å².